The Morgan fingerprint density at radius 2 is 0.636 bits per heavy atom. The molecule has 11 fully saturated rings. The van der Waals surface area contributed by atoms with Crippen molar-refractivity contribution in [3.05, 3.63) is 219 Å². The van der Waals surface area contributed by atoms with Gasteiger partial charge in [0.25, 0.3) is 0 Å². The summed E-state index contributed by atoms with van der Waals surface area (Å²) in [5.74, 6) is -0.604. The van der Waals surface area contributed by atoms with Crippen LogP contribution in [0, 0.1) is 137 Å². The van der Waals surface area contributed by atoms with Gasteiger partial charge in [-0.15, -0.1) is 0 Å². The van der Waals surface area contributed by atoms with E-state index in [0.717, 1.165) is 238 Å². The van der Waals surface area contributed by atoms with Crippen LogP contribution in [0.2, 0.25) is 0 Å². The van der Waals surface area contributed by atoms with Crippen molar-refractivity contribution in [2.45, 2.75) is 269 Å². The van der Waals surface area contributed by atoms with Gasteiger partial charge in [-0.25, -0.2) is 8.42 Å². The Balaban J connectivity index is 0.000000147. The van der Waals surface area contributed by atoms with E-state index in [-0.39, 0.29) is 131 Å². The molecule has 7 unspecified atom stereocenters. The number of carbonyl (C=O) groups is 11. The van der Waals surface area contributed by atoms with Crippen molar-refractivity contribution < 1.29 is 80.1 Å². The van der Waals surface area contributed by atoms with Crippen LogP contribution in [0.1, 0.15) is 277 Å². The fourth-order valence-corrected chi connectivity index (χ4v) is 24.5. The molecular formula is C110H139NO17S. The van der Waals surface area contributed by atoms with Crippen LogP contribution in [-0.4, -0.2) is 155 Å². The largest absolute Gasteiger partial charge is 0.381 e. The fraction of sp³-hybridized carbons (Fsp3) is 0.555. The number of allylic oxidation sites excluding steroid dienone is 7. The Hall–Kier alpha value is -8.98. The number of aryl methyl sites for hydroxylation is 15. The fourth-order valence-electron chi connectivity index (χ4n) is 22.9. The summed E-state index contributed by atoms with van der Waals surface area (Å²) >= 11 is 0. The molecular weight excluding hydrogens is 1640 g/mol. The quantitative estimate of drug-likeness (QED) is 0.0696. The maximum Gasteiger partial charge on any atom is 0.219 e. The van der Waals surface area contributed by atoms with Crippen molar-refractivity contribution in [3.63, 3.8) is 0 Å². The van der Waals surface area contributed by atoms with Crippen LogP contribution in [0.4, 0.5) is 0 Å². The highest BCUT2D eigenvalue weighted by molar-refractivity contribution is 7.91. The van der Waals surface area contributed by atoms with Crippen molar-refractivity contribution in [1.29, 1.82) is 0 Å². The van der Waals surface area contributed by atoms with Gasteiger partial charge in [0.05, 0.1) is 18.1 Å². The summed E-state index contributed by atoms with van der Waals surface area (Å²) in [6, 6.07) is 20.7. The van der Waals surface area contributed by atoms with Gasteiger partial charge in [-0.1, -0.05) is 127 Å². The van der Waals surface area contributed by atoms with Gasteiger partial charge >= 0.3 is 0 Å². The maximum atomic E-state index is 14.0. The third kappa shape index (κ3) is 23.9. The Labute approximate surface area is 766 Å². The number of ketones is 10. The molecule has 5 aromatic carbocycles. The monoisotopic (exact) mass is 1780 g/mol. The molecule has 0 aromatic heterocycles. The van der Waals surface area contributed by atoms with E-state index in [9.17, 15) is 61.2 Å². The Bertz CT molecular complexity index is 5090. The van der Waals surface area contributed by atoms with Crippen LogP contribution in [0.5, 0.6) is 0 Å². The Morgan fingerprint density at radius 3 is 0.930 bits per heavy atom. The lowest BCUT2D eigenvalue weighted by molar-refractivity contribution is -0.130. The lowest BCUT2D eigenvalue weighted by atomic mass is 9.78. The van der Waals surface area contributed by atoms with E-state index in [1.54, 1.807) is 6.92 Å². The van der Waals surface area contributed by atoms with Crippen LogP contribution < -0.4 is 0 Å². The molecule has 0 radical (unpaired) electrons. The maximum absolute atomic E-state index is 14.0. The lowest BCUT2D eigenvalue weighted by Gasteiger charge is -2.30. The number of hydrogen-bond acceptors (Lipinski definition) is 17. The van der Waals surface area contributed by atoms with E-state index in [1.165, 1.54) is 22.3 Å². The van der Waals surface area contributed by atoms with Crippen LogP contribution >= 0.6 is 0 Å². The van der Waals surface area contributed by atoms with Crippen LogP contribution in [0.25, 0.3) is 0 Å². The van der Waals surface area contributed by atoms with E-state index >= 15 is 0 Å². The minimum atomic E-state index is -2.92. The summed E-state index contributed by atoms with van der Waals surface area (Å²) in [5.41, 5.74) is 23.6. The number of piperidine rings is 1. The summed E-state index contributed by atoms with van der Waals surface area (Å²) in [4.78, 5) is 143. The van der Waals surface area contributed by atoms with Gasteiger partial charge in [0.15, 0.2) is 57.8 Å². The van der Waals surface area contributed by atoms with Crippen LogP contribution in [-0.2, 0) is 94.4 Å². The van der Waals surface area contributed by atoms with E-state index in [4.69, 9.17) is 18.9 Å². The summed E-state index contributed by atoms with van der Waals surface area (Å²) in [6.45, 7) is 39.5. The molecule has 1 amide bonds. The third-order valence-electron chi connectivity index (χ3n) is 29.1. The second kappa shape index (κ2) is 44.0. The molecule has 0 spiro atoms. The molecule has 0 bridgehead atoms. The van der Waals surface area contributed by atoms with Crippen molar-refractivity contribution in [2.24, 2.45) is 47.3 Å². The van der Waals surface area contributed by atoms with Gasteiger partial charge in [0.1, 0.15) is 39.4 Å². The zero-order valence-corrected chi connectivity index (χ0v) is 80.3. The van der Waals surface area contributed by atoms with E-state index in [1.807, 2.05) is 137 Å². The van der Waals surface area contributed by atoms with Gasteiger partial charge in [-0.05, 0) is 323 Å². The number of carbonyl (C=O) groups excluding carboxylic acids is 11. The topological polar surface area (TPSA) is 262 Å². The number of benzene rings is 5. The normalized spacial score (nSPS) is 25.8. The first-order valence-corrected chi connectivity index (χ1v) is 49.6. The molecule has 5 saturated carbocycles. The first-order chi connectivity index (χ1) is 61.4. The second-order valence-electron chi connectivity index (χ2n) is 39.3. The summed E-state index contributed by atoms with van der Waals surface area (Å²) in [6.07, 6.45) is 23.1. The van der Waals surface area contributed by atoms with Gasteiger partial charge in [-0.3, -0.25) is 52.7 Å². The van der Waals surface area contributed by atoms with Gasteiger partial charge in [-0.2, -0.15) is 0 Å². The van der Waals surface area contributed by atoms with Gasteiger partial charge in [0.2, 0.25) is 5.91 Å². The summed E-state index contributed by atoms with van der Waals surface area (Å²) < 4.78 is 45.0. The average molecular weight is 1780 g/mol. The minimum Gasteiger partial charge on any atom is -0.381 e. The molecule has 0 N–H and O–H groups in total. The number of nitrogens with zero attached hydrogens (tertiary/aromatic N) is 1. The standard InChI is InChI=1S/C28H40O4.C22H27NO3.C20H24O4S.2C20H24O3/c1-4-21-14-18(3)15-22(5-2)25(21)26-27(29)23(16-19-6-10-31-11-7-19)24(28(26)30)17-20-8-12-32-13-9-20;1-13-9-14(2)20(15(3)10-13)21-19(25)12-18(22(21)26)11-17-5-7-23(8-6-17)16(4)24;1-12-8-13(2)18(14(3)9-12)19-17(21)11-16(20(19)22)10-15-4-6-25(23,24)7-5-15;1-12-8-13(2)18(14(3)9-12)19-17(21)11-16(20(19)22)10-15-4-6-23-7-5-15;1-12-7-13(2)18(14(3)8-12)19-17(21)10-16(20(19)22)9-15-5-4-6-23-11-15/h14-15,19-20,23-24,26H,4-13,16-17H2,1-3H3;9-11,17,21H,5-8,12H2,1-4H3;8-10,15,19H,4-7,11H2,1-3H3;8-10,15,19H,4-7,11H2,1-3H3;7-9,15,19H,4-6,10-11H2,1-3H3/b;18-11+;2*16-10+;16-9+. The highest BCUT2D eigenvalue weighted by Crippen LogP contribution is 2.48. The number of sulfone groups is 1. The molecule has 6 saturated heterocycles. The molecule has 692 valence electrons. The lowest BCUT2D eigenvalue weighted by Crippen LogP contribution is -2.36. The first kappa shape index (κ1) is 99.0. The van der Waals surface area contributed by atoms with E-state index in [0.29, 0.717) is 59.5 Å². The van der Waals surface area contributed by atoms with Crippen molar-refractivity contribution in [2.75, 3.05) is 77.5 Å². The molecule has 11 aliphatic rings. The SMILES string of the molecule is CC(=O)N1CCC(/C=C2\CC(=O)C(c3c(C)cc(C)cc3C)C2=O)CC1.CCc1cc(C)cc(CC)c1C1C(=O)C(CC2CCOCC2)C(CC2CCOCC2)C1=O.Cc1cc(C)c(C2C(=O)C/C(=C\C3CCCOC3)C2=O)c(C)c1.Cc1cc(C)c(C2C(=O)C/C(=C\C3CCOCC3)C2=O)c(C)c1.Cc1cc(C)c(C2C(=O)C/C(=C\C3CCS(=O)(=O)CC3)C2=O)c(C)c1. The number of amides is 1. The molecule has 18 nitrogen and oxygen atoms in total. The minimum absolute atomic E-state index is 0.00405. The highest BCUT2D eigenvalue weighted by Gasteiger charge is 2.52. The summed E-state index contributed by atoms with van der Waals surface area (Å²) in [5, 5.41) is 0. The molecule has 129 heavy (non-hydrogen) atoms. The molecule has 5 aromatic rings. The molecule has 16 rings (SSSR count). The number of Topliss-reactive ketones (excluding diaryl/α,β-unsaturated/α-hetero) is 10. The van der Waals surface area contributed by atoms with Crippen molar-refractivity contribution >= 4 is 73.6 Å². The molecule has 5 aliphatic carbocycles. The van der Waals surface area contributed by atoms with Crippen LogP contribution in [0.15, 0.2) is 107 Å². The first-order valence-electron chi connectivity index (χ1n) is 47.8. The van der Waals surface area contributed by atoms with Crippen LogP contribution in [0.3, 0.4) is 0 Å². The van der Waals surface area contributed by atoms with Gasteiger partial charge in [0, 0.05) is 115 Å². The Morgan fingerprint density at radius 1 is 0.349 bits per heavy atom. The third-order valence-corrected chi connectivity index (χ3v) is 30.9. The zero-order valence-electron chi connectivity index (χ0n) is 79.5. The second-order valence-corrected chi connectivity index (χ2v) is 41.6. The van der Waals surface area contributed by atoms with Gasteiger partial charge < -0.3 is 23.8 Å². The number of likely N-dealkylation sites (tertiary alicyclic amines) is 1. The number of ether oxygens (including phenoxy) is 4. The van der Waals surface area contributed by atoms with E-state index < -0.39 is 39.4 Å². The smallest absolute Gasteiger partial charge is 0.219 e. The predicted molar refractivity (Wildman–Crippen MR) is 504 cm³/mol. The molecule has 7 atom stereocenters. The predicted octanol–water partition coefficient (Wildman–Crippen LogP) is 18.8. The Kier molecular flexibility index (Phi) is 33.8. The van der Waals surface area contributed by atoms with Crippen molar-refractivity contribution in [3.8, 4) is 0 Å². The number of hydrogen-bond donors (Lipinski definition) is 0. The number of rotatable bonds is 15. The average Bonchev–Trinajstić information content (AvgIpc) is 1.60. The zero-order chi connectivity index (χ0) is 93.1. The summed E-state index contributed by atoms with van der Waals surface area (Å²) in [7, 11) is -2.92. The molecule has 6 aliphatic heterocycles. The van der Waals surface area contributed by atoms with Crippen molar-refractivity contribution in [1.82, 2.24) is 4.90 Å². The van der Waals surface area contributed by atoms with E-state index in [2.05, 4.69) is 57.2 Å². The highest BCUT2D eigenvalue weighted by atomic mass is 32.2. The molecule has 6 heterocycles. The molecule has 19 heteroatoms.